The fraction of sp³-hybridized carbons (Fsp3) is 0.611. The zero-order valence-electron chi connectivity index (χ0n) is 15.2. The Labute approximate surface area is 170 Å². The van der Waals surface area contributed by atoms with Gasteiger partial charge in [0.15, 0.2) is 5.96 Å². The minimum absolute atomic E-state index is 0. The SMILES string of the molecule is CCC(C)c1ccc(NC(N)=NCC2CCN(CC(F)(F)F)C2)cc1.I. The van der Waals surface area contributed by atoms with Gasteiger partial charge in [0.1, 0.15) is 0 Å². The molecule has 0 saturated carbocycles. The lowest BCUT2D eigenvalue weighted by atomic mass is 9.99. The molecule has 1 aromatic carbocycles. The number of nitrogens with two attached hydrogens (primary N) is 1. The Morgan fingerprint density at radius 1 is 1.35 bits per heavy atom. The zero-order chi connectivity index (χ0) is 18.4. The third-order valence-electron chi connectivity index (χ3n) is 4.66. The summed E-state index contributed by atoms with van der Waals surface area (Å²) in [4.78, 5) is 5.71. The van der Waals surface area contributed by atoms with Crippen LogP contribution < -0.4 is 11.1 Å². The van der Waals surface area contributed by atoms with Crippen molar-refractivity contribution in [2.24, 2.45) is 16.6 Å². The van der Waals surface area contributed by atoms with E-state index < -0.39 is 12.7 Å². The summed E-state index contributed by atoms with van der Waals surface area (Å²) >= 11 is 0. The number of benzene rings is 1. The molecule has 1 heterocycles. The first-order chi connectivity index (χ1) is 11.8. The van der Waals surface area contributed by atoms with Crippen LogP contribution in [0.1, 0.15) is 38.2 Å². The van der Waals surface area contributed by atoms with Crippen molar-refractivity contribution >= 4 is 35.6 Å². The summed E-state index contributed by atoms with van der Waals surface area (Å²) < 4.78 is 37.2. The molecule has 1 aromatic rings. The van der Waals surface area contributed by atoms with Gasteiger partial charge in [0.2, 0.25) is 0 Å². The smallest absolute Gasteiger partial charge is 0.370 e. The number of hydrogen-bond donors (Lipinski definition) is 2. The third-order valence-corrected chi connectivity index (χ3v) is 4.66. The first-order valence-electron chi connectivity index (χ1n) is 8.73. The molecular formula is C18H28F3IN4. The van der Waals surface area contributed by atoms with Crippen LogP contribution in [0.25, 0.3) is 0 Å². The van der Waals surface area contributed by atoms with E-state index >= 15 is 0 Å². The number of nitrogens with one attached hydrogen (secondary N) is 1. The molecule has 26 heavy (non-hydrogen) atoms. The maximum atomic E-state index is 12.4. The van der Waals surface area contributed by atoms with Crippen molar-refractivity contribution in [1.29, 1.82) is 0 Å². The lowest BCUT2D eigenvalue weighted by molar-refractivity contribution is -0.143. The van der Waals surface area contributed by atoms with Crippen LogP contribution >= 0.6 is 24.0 Å². The molecule has 1 fully saturated rings. The highest BCUT2D eigenvalue weighted by Gasteiger charge is 2.34. The van der Waals surface area contributed by atoms with E-state index in [0.717, 1.165) is 18.5 Å². The molecular weight excluding hydrogens is 456 g/mol. The molecule has 4 nitrogen and oxygen atoms in total. The van der Waals surface area contributed by atoms with E-state index in [9.17, 15) is 13.2 Å². The number of guanidine groups is 1. The highest BCUT2D eigenvalue weighted by molar-refractivity contribution is 14.0. The lowest BCUT2D eigenvalue weighted by Crippen LogP contribution is -2.32. The van der Waals surface area contributed by atoms with Crippen LogP contribution in [0.15, 0.2) is 29.3 Å². The van der Waals surface area contributed by atoms with Gasteiger partial charge in [-0.1, -0.05) is 26.0 Å². The molecule has 8 heteroatoms. The van der Waals surface area contributed by atoms with Crippen LogP contribution in [0.2, 0.25) is 0 Å². The van der Waals surface area contributed by atoms with Gasteiger partial charge in [-0.05, 0) is 48.9 Å². The van der Waals surface area contributed by atoms with E-state index in [0.29, 0.717) is 31.5 Å². The fourth-order valence-electron chi connectivity index (χ4n) is 3.00. The van der Waals surface area contributed by atoms with Gasteiger partial charge < -0.3 is 11.1 Å². The second-order valence-corrected chi connectivity index (χ2v) is 6.79. The van der Waals surface area contributed by atoms with E-state index in [-0.39, 0.29) is 29.9 Å². The van der Waals surface area contributed by atoms with Gasteiger partial charge in [-0.2, -0.15) is 13.2 Å². The third kappa shape index (κ3) is 7.69. The minimum atomic E-state index is -4.14. The fourth-order valence-corrected chi connectivity index (χ4v) is 3.00. The van der Waals surface area contributed by atoms with Gasteiger partial charge in [-0.3, -0.25) is 9.89 Å². The number of rotatable bonds is 6. The summed E-state index contributed by atoms with van der Waals surface area (Å²) in [6, 6.07) is 8.06. The highest BCUT2D eigenvalue weighted by atomic mass is 127. The Hall–Kier alpha value is -1.03. The van der Waals surface area contributed by atoms with Gasteiger partial charge >= 0.3 is 6.18 Å². The van der Waals surface area contributed by atoms with Crippen LogP contribution in [0.5, 0.6) is 0 Å². The van der Waals surface area contributed by atoms with Crippen LogP contribution in [-0.4, -0.2) is 43.2 Å². The van der Waals surface area contributed by atoms with Crippen molar-refractivity contribution in [3.63, 3.8) is 0 Å². The number of halogens is 4. The van der Waals surface area contributed by atoms with E-state index in [1.807, 2.05) is 12.1 Å². The summed E-state index contributed by atoms with van der Waals surface area (Å²) in [5.41, 5.74) is 8.03. The molecule has 0 radical (unpaired) electrons. The maximum Gasteiger partial charge on any atom is 0.401 e. The molecule has 0 aromatic heterocycles. The second kappa shape index (κ2) is 10.3. The average Bonchev–Trinajstić information content (AvgIpc) is 2.98. The van der Waals surface area contributed by atoms with Gasteiger partial charge in [0.05, 0.1) is 6.54 Å². The van der Waals surface area contributed by atoms with Crippen molar-refractivity contribution in [1.82, 2.24) is 4.90 Å². The molecule has 2 rings (SSSR count). The quantitative estimate of drug-likeness (QED) is 0.357. The van der Waals surface area contributed by atoms with Crippen molar-refractivity contribution in [3.8, 4) is 0 Å². The summed E-state index contributed by atoms with van der Waals surface area (Å²) in [5.74, 6) is 0.933. The van der Waals surface area contributed by atoms with Crippen LogP contribution in [0.4, 0.5) is 18.9 Å². The molecule has 0 aliphatic carbocycles. The van der Waals surface area contributed by atoms with Gasteiger partial charge in [0, 0.05) is 18.8 Å². The standard InChI is InChI=1S/C18H27F3N4.HI/c1-3-13(2)15-4-6-16(7-5-15)24-17(22)23-10-14-8-9-25(11-14)12-18(19,20)21;/h4-7,13-14H,3,8-12H2,1-2H3,(H3,22,23,24);1H. The average molecular weight is 484 g/mol. The summed E-state index contributed by atoms with van der Waals surface area (Å²) in [5, 5.41) is 3.03. The lowest BCUT2D eigenvalue weighted by Gasteiger charge is -2.17. The maximum absolute atomic E-state index is 12.4. The largest absolute Gasteiger partial charge is 0.401 e. The number of anilines is 1. The normalized spacial score (nSPS) is 19.9. The number of likely N-dealkylation sites (tertiary alicyclic amines) is 1. The summed E-state index contributed by atoms with van der Waals surface area (Å²) in [6.07, 6.45) is -2.33. The van der Waals surface area contributed by atoms with Crippen LogP contribution in [0.3, 0.4) is 0 Å². The first kappa shape index (κ1) is 23.0. The molecule has 2 unspecified atom stereocenters. The summed E-state index contributed by atoms with van der Waals surface area (Å²) in [7, 11) is 0. The Morgan fingerprint density at radius 3 is 2.58 bits per heavy atom. The van der Waals surface area contributed by atoms with Crippen molar-refractivity contribution < 1.29 is 13.2 Å². The van der Waals surface area contributed by atoms with Crippen molar-refractivity contribution in [2.75, 3.05) is 31.5 Å². The number of aliphatic imine (C=N–C) groups is 1. The number of nitrogens with zero attached hydrogens (tertiary/aromatic N) is 2. The van der Waals surface area contributed by atoms with Gasteiger partial charge in [-0.25, -0.2) is 0 Å². The van der Waals surface area contributed by atoms with Gasteiger partial charge in [-0.15, -0.1) is 24.0 Å². The highest BCUT2D eigenvalue weighted by Crippen LogP contribution is 2.23. The van der Waals surface area contributed by atoms with E-state index in [4.69, 9.17) is 5.73 Å². The number of hydrogen-bond acceptors (Lipinski definition) is 2. The topological polar surface area (TPSA) is 53.6 Å². The van der Waals surface area contributed by atoms with Crippen LogP contribution in [0, 0.1) is 5.92 Å². The Balaban J connectivity index is 0.00000338. The molecule has 1 aliphatic rings. The molecule has 1 saturated heterocycles. The molecule has 0 spiro atoms. The van der Waals surface area contributed by atoms with Crippen molar-refractivity contribution in [3.05, 3.63) is 29.8 Å². The zero-order valence-corrected chi connectivity index (χ0v) is 17.6. The summed E-state index contributed by atoms with van der Waals surface area (Å²) in [6.45, 7) is 4.81. The molecule has 0 bridgehead atoms. The van der Waals surface area contributed by atoms with E-state index in [1.54, 1.807) is 0 Å². The van der Waals surface area contributed by atoms with E-state index in [1.165, 1.54) is 10.5 Å². The van der Waals surface area contributed by atoms with E-state index in [2.05, 4.69) is 36.3 Å². The first-order valence-corrected chi connectivity index (χ1v) is 8.73. The van der Waals surface area contributed by atoms with Crippen molar-refractivity contribution in [2.45, 2.75) is 38.8 Å². The number of alkyl halides is 3. The minimum Gasteiger partial charge on any atom is -0.370 e. The van der Waals surface area contributed by atoms with Gasteiger partial charge in [0.25, 0.3) is 0 Å². The molecule has 3 N–H and O–H groups in total. The predicted octanol–water partition coefficient (Wildman–Crippen LogP) is 4.43. The predicted molar refractivity (Wildman–Crippen MR) is 111 cm³/mol. The molecule has 2 atom stereocenters. The molecule has 0 amide bonds. The molecule has 1 aliphatic heterocycles. The Morgan fingerprint density at radius 2 is 2.00 bits per heavy atom. The van der Waals surface area contributed by atoms with Crippen LogP contribution in [-0.2, 0) is 0 Å². The Bertz CT molecular complexity index is 575. The Kier molecular flexibility index (Phi) is 9.15. The second-order valence-electron chi connectivity index (χ2n) is 6.79. The monoisotopic (exact) mass is 484 g/mol. The molecule has 148 valence electrons.